The van der Waals surface area contributed by atoms with Gasteiger partial charge in [-0.25, -0.2) is 13.1 Å². The molecule has 108 valence electrons. The van der Waals surface area contributed by atoms with Gasteiger partial charge in [-0.2, -0.15) is 0 Å². The molecule has 0 aliphatic carbocycles. The highest BCUT2D eigenvalue weighted by molar-refractivity contribution is 7.89. The van der Waals surface area contributed by atoms with Gasteiger partial charge >= 0.3 is 0 Å². The van der Waals surface area contributed by atoms with Gasteiger partial charge in [-0.05, 0) is 49.1 Å². The van der Waals surface area contributed by atoms with Gasteiger partial charge in [0.25, 0.3) is 0 Å². The zero-order valence-electron chi connectivity index (χ0n) is 11.5. The van der Waals surface area contributed by atoms with Gasteiger partial charge in [-0.3, -0.25) is 0 Å². The van der Waals surface area contributed by atoms with Gasteiger partial charge < -0.3 is 5.32 Å². The van der Waals surface area contributed by atoms with Gasteiger partial charge in [0.15, 0.2) is 0 Å². The highest BCUT2D eigenvalue weighted by atomic mass is 32.2. The van der Waals surface area contributed by atoms with Crippen LogP contribution in [0.25, 0.3) is 0 Å². The molecule has 1 aromatic heterocycles. The standard InChI is InChI=1S/C14H18N2O2S2/c1-11(10-13-4-3-9-19-13)16-20(17,18)14-7-5-12(15-2)6-8-14/h3-9,11,15-16H,10H2,1-2H3. The van der Waals surface area contributed by atoms with Gasteiger partial charge in [0, 0.05) is 23.7 Å². The first-order valence-electron chi connectivity index (χ1n) is 6.34. The molecular formula is C14H18N2O2S2. The van der Waals surface area contributed by atoms with Crippen LogP contribution in [0.2, 0.25) is 0 Å². The van der Waals surface area contributed by atoms with Gasteiger partial charge in [0.2, 0.25) is 10.0 Å². The fraction of sp³-hybridized carbons (Fsp3) is 0.286. The molecule has 1 aromatic carbocycles. The van der Waals surface area contributed by atoms with Crippen molar-refractivity contribution in [2.24, 2.45) is 0 Å². The van der Waals surface area contributed by atoms with Crippen molar-refractivity contribution in [3.8, 4) is 0 Å². The molecule has 0 saturated heterocycles. The summed E-state index contributed by atoms with van der Waals surface area (Å²) < 4.78 is 27.2. The van der Waals surface area contributed by atoms with Crippen LogP contribution in [0.15, 0.2) is 46.7 Å². The van der Waals surface area contributed by atoms with Crippen LogP contribution in [-0.2, 0) is 16.4 Å². The lowest BCUT2D eigenvalue weighted by molar-refractivity contribution is 0.561. The zero-order chi connectivity index (χ0) is 14.6. The minimum Gasteiger partial charge on any atom is -0.388 e. The predicted molar refractivity (Wildman–Crippen MR) is 83.8 cm³/mol. The van der Waals surface area contributed by atoms with E-state index in [1.165, 1.54) is 4.88 Å². The van der Waals surface area contributed by atoms with Crippen molar-refractivity contribution in [2.45, 2.75) is 24.3 Å². The summed E-state index contributed by atoms with van der Waals surface area (Å²) in [6, 6.07) is 10.5. The van der Waals surface area contributed by atoms with Gasteiger partial charge in [-0.1, -0.05) is 6.07 Å². The number of thiophene rings is 1. The second-order valence-electron chi connectivity index (χ2n) is 4.58. The molecule has 0 saturated carbocycles. The lowest BCUT2D eigenvalue weighted by atomic mass is 10.2. The Morgan fingerprint density at radius 3 is 2.45 bits per heavy atom. The van der Waals surface area contributed by atoms with Crippen LogP contribution in [0.4, 0.5) is 5.69 Å². The van der Waals surface area contributed by atoms with Crippen molar-refractivity contribution < 1.29 is 8.42 Å². The molecule has 0 radical (unpaired) electrons. The smallest absolute Gasteiger partial charge is 0.240 e. The molecule has 0 amide bonds. The Kier molecular flexibility index (Phi) is 4.80. The van der Waals surface area contributed by atoms with E-state index in [1.54, 1.807) is 42.6 Å². The Labute approximate surface area is 123 Å². The third-order valence-corrected chi connectivity index (χ3v) is 5.40. The normalized spacial score (nSPS) is 13.1. The summed E-state index contributed by atoms with van der Waals surface area (Å²) in [5.41, 5.74) is 0.885. The molecule has 0 spiro atoms. The van der Waals surface area contributed by atoms with Crippen molar-refractivity contribution in [2.75, 3.05) is 12.4 Å². The molecule has 1 unspecified atom stereocenters. The van der Waals surface area contributed by atoms with Crippen molar-refractivity contribution in [1.82, 2.24) is 4.72 Å². The van der Waals surface area contributed by atoms with Gasteiger partial charge in [-0.15, -0.1) is 11.3 Å². The second-order valence-corrected chi connectivity index (χ2v) is 7.33. The van der Waals surface area contributed by atoms with E-state index in [-0.39, 0.29) is 10.9 Å². The van der Waals surface area contributed by atoms with E-state index in [4.69, 9.17) is 0 Å². The van der Waals surface area contributed by atoms with Crippen molar-refractivity contribution in [3.05, 3.63) is 46.7 Å². The number of benzene rings is 1. The average molecular weight is 310 g/mol. The first-order chi connectivity index (χ1) is 9.51. The van der Waals surface area contributed by atoms with E-state index >= 15 is 0 Å². The molecule has 0 bridgehead atoms. The fourth-order valence-corrected chi connectivity index (χ4v) is 3.98. The summed E-state index contributed by atoms with van der Waals surface area (Å²) in [6.45, 7) is 1.87. The molecule has 20 heavy (non-hydrogen) atoms. The van der Waals surface area contributed by atoms with E-state index in [1.807, 2.05) is 24.4 Å². The lowest BCUT2D eigenvalue weighted by Gasteiger charge is -2.13. The Bertz CT molecular complexity index is 634. The van der Waals surface area contributed by atoms with Crippen LogP contribution in [-0.4, -0.2) is 21.5 Å². The zero-order valence-corrected chi connectivity index (χ0v) is 13.1. The van der Waals surface area contributed by atoms with Crippen LogP contribution >= 0.6 is 11.3 Å². The van der Waals surface area contributed by atoms with Crippen LogP contribution in [0.1, 0.15) is 11.8 Å². The molecule has 2 N–H and O–H groups in total. The summed E-state index contributed by atoms with van der Waals surface area (Å²) in [7, 11) is -1.66. The van der Waals surface area contributed by atoms with Crippen LogP contribution < -0.4 is 10.0 Å². The molecule has 1 atom stereocenters. The van der Waals surface area contributed by atoms with E-state index in [0.29, 0.717) is 6.42 Å². The number of rotatable bonds is 6. The van der Waals surface area contributed by atoms with Crippen molar-refractivity contribution in [3.63, 3.8) is 0 Å². The highest BCUT2D eigenvalue weighted by Gasteiger charge is 2.17. The van der Waals surface area contributed by atoms with E-state index in [2.05, 4.69) is 10.0 Å². The van der Waals surface area contributed by atoms with Crippen LogP contribution in [0, 0.1) is 0 Å². The maximum absolute atomic E-state index is 12.2. The lowest BCUT2D eigenvalue weighted by Crippen LogP contribution is -2.33. The van der Waals surface area contributed by atoms with Crippen molar-refractivity contribution in [1.29, 1.82) is 0 Å². The number of sulfonamides is 1. The maximum Gasteiger partial charge on any atom is 0.240 e. The maximum atomic E-state index is 12.2. The van der Waals surface area contributed by atoms with Crippen LogP contribution in [0.3, 0.4) is 0 Å². The first kappa shape index (κ1) is 15.0. The Balaban J connectivity index is 2.05. The molecule has 0 fully saturated rings. The Morgan fingerprint density at radius 2 is 1.90 bits per heavy atom. The predicted octanol–water partition coefficient (Wildman–Crippen LogP) is 2.70. The number of hydrogen-bond donors (Lipinski definition) is 2. The number of nitrogens with one attached hydrogen (secondary N) is 2. The Hall–Kier alpha value is -1.37. The summed E-state index contributed by atoms with van der Waals surface area (Å²) in [6.07, 6.45) is 0.700. The molecule has 2 aromatic rings. The number of hydrogen-bond acceptors (Lipinski definition) is 4. The monoisotopic (exact) mass is 310 g/mol. The molecule has 1 heterocycles. The molecular weight excluding hydrogens is 292 g/mol. The molecule has 0 aliphatic rings. The molecule has 2 rings (SSSR count). The number of anilines is 1. The summed E-state index contributed by atoms with van der Waals surface area (Å²) >= 11 is 1.63. The fourth-order valence-electron chi connectivity index (χ4n) is 1.91. The summed E-state index contributed by atoms with van der Waals surface area (Å²) in [4.78, 5) is 1.46. The largest absolute Gasteiger partial charge is 0.388 e. The van der Waals surface area contributed by atoms with E-state index in [9.17, 15) is 8.42 Å². The Morgan fingerprint density at radius 1 is 1.20 bits per heavy atom. The minimum atomic E-state index is -3.46. The molecule has 0 aliphatic heterocycles. The van der Waals surface area contributed by atoms with Crippen molar-refractivity contribution >= 4 is 27.0 Å². The van der Waals surface area contributed by atoms with Crippen LogP contribution in [0.5, 0.6) is 0 Å². The van der Waals surface area contributed by atoms with Gasteiger partial charge in [0.05, 0.1) is 4.90 Å². The molecule has 6 heteroatoms. The first-order valence-corrected chi connectivity index (χ1v) is 8.70. The second kappa shape index (κ2) is 6.39. The minimum absolute atomic E-state index is 0.136. The average Bonchev–Trinajstić information content (AvgIpc) is 2.91. The third-order valence-electron chi connectivity index (χ3n) is 2.90. The highest BCUT2D eigenvalue weighted by Crippen LogP contribution is 2.15. The SMILES string of the molecule is CNc1ccc(S(=O)(=O)NC(C)Cc2cccs2)cc1. The van der Waals surface area contributed by atoms with Gasteiger partial charge in [0.1, 0.15) is 0 Å². The molecule has 4 nitrogen and oxygen atoms in total. The van der Waals surface area contributed by atoms with E-state index < -0.39 is 10.0 Å². The third kappa shape index (κ3) is 3.82. The summed E-state index contributed by atoms with van der Waals surface area (Å²) in [5.74, 6) is 0. The quantitative estimate of drug-likeness (QED) is 0.862. The van der Waals surface area contributed by atoms with E-state index in [0.717, 1.165) is 5.69 Å². The summed E-state index contributed by atoms with van der Waals surface area (Å²) in [5, 5.41) is 4.96. The topological polar surface area (TPSA) is 58.2 Å².